The van der Waals surface area contributed by atoms with Crippen molar-refractivity contribution in [1.82, 2.24) is 0 Å². The Kier molecular flexibility index (Phi) is 5.27. The van der Waals surface area contributed by atoms with Crippen molar-refractivity contribution in [3.8, 4) is 0 Å². The van der Waals surface area contributed by atoms with Gasteiger partial charge < -0.3 is 0 Å². The lowest BCUT2D eigenvalue weighted by molar-refractivity contribution is 1.37. The highest BCUT2D eigenvalue weighted by molar-refractivity contribution is 7.80. The number of hydrogen-bond donors (Lipinski definition) is 2. The van der Waals surface area contributed by atoms with E-state index in [1.54, 1.807) is 0 Å². The quantitative estimate of drug-likeness (QED) is 0.617. The Morgan fingerprint density at radius 1 is 0.500 bits per heavy atom. The number of rotatable bonds is 0. The molecule has 0 nitrogen and oxygen atoms in total. The summed E-state index contributed by atoms with van der Waals surface area (Å²) in [4.78, 5) is 1.95. The molecular formula is C12H12S2. The van der Waals surface area contributed by atoms with E-state index >= 15 is 0 Å². The van der Waals surface area contributed by atoms with E-state index in [4.69, 9.17) is 0 Å². The minimum absolute atomic E-state index is 0.975. The van der Waals surface area contributed by atoms with Crippen LogP contribution in [0, 0.1) is 0 Å². The van der Waals surface area contributed by atoms with Gasteiger partial charge in [0.1, 0.15) is 0 Å². The maximum absolute atomic E-state index is 4.10. The fraction of sp³-hybridized carbons (Fsp3) is 0. The third-order valence-corrected chi connectivity index (χ3v) is 2.11. The molecule has 0 N–H and O–H groups in total. The van der Waals surface area contributed by atoms with Crippen molar-refractivity contribution >= 4 is 25.3 Å². The minimum Gasteiger partial charge on any atom is -0.143 e. The Morgan fingerprint density at radius 2 is 0.714 bits per heavy atom. The molecule has 0 unspecified atom stereocenters. The molecule has 0 atom stereocenters. The molecule has 14 heavy (non-hydrogen) atoms. The molecule has 0 aliphatic carbocycles. The predicted molar refractivity (Wildman–Crippen MR) is 67.4 cm³/mol. The van der Waals surface area contributed by atoms with Gasteiger partial charge in [0.05, 0.1) is 0 Å². The van der Waals surface area contributed by atoms with Gasteiger partial charge in [0.2, 0.25) is 0 Å². The van der Waals surface area contributed by atoms with Crippen LogP contribution in [0.25, 0.3) is 0 Å². The lowest BCUT2D eigenvalue weighted by Crippen LogP contribution is -1.63. The fourth-order valence-corrected chi connectivity index (χ4v) is 1.14. The van der Waals surface area contributed by atoms with Gasteiger partial charge in [0.15, 0.2) is 0 Å². The van der Waals surface area contributed by atoms with Crippen LogP contribution in [-0.4, -0.2) is 0 Å². The fourth-order valence-electron chi connectivity index (χ4n) is 0.838. The van der Waals surface area contributed by atoms with Gasteiger partial charge in [-0.25, -0.2) is 0 Å². The van der Waals surface area contributed by atoms with E-state index in [2.05, 4.69) is 25.3 Å². The van der Waals surface area contributed by atoms with Crippen LogP contribution in [0.15, 0.2) is 70.5 Å². The van der Waals surface area contributed by atoms with Gasteiger partial charge in [-0.05, 0) is 24.3 Å². The highest BCUT2D eigenvalue weighted by atomic mass is 32.1. The Morgan fingerprint density at radius 3 is 0.929 bits per heavy atom. The van der Waals surface area contributed by atoms with E-state index in [0.29, 0.717) is 0 Å². The molecule has 0 spiro atoms. The first kappa shape index (κ1) is 11.2. The van der Waals surface area contributed by atoms with E-state index in [0.717, 1.165) is 9.79 Å². The van der Waals surface area contributed by atoms with Crippen LogP contribution in [0.4, 0.5) is 0 Å². The standard InChI is InChI=1S/C6H6S2.C6H6/c7-5-1-2-6(8)4-3-5;1-2-4-6-5-3-1/h1-4,7-8H;1-6H. The van der Waals surface area contributed by atoms with Crippen molar-refractivity contribution in [2.75, 3.05) is 0 Å². The number of hydrogen-bond acceptors (Lipinski definition) is 2. The number of benzene rings is 2. The zero-order valence-corrected chi connectivity index (χ0v) is 9.46. The average Bonchev–Trinajstić information content (AvgIpc) is 2.26. The Balaban J connectivity index is 0.000000146. The van der Waals surface area contributed by atoms with E-state index in [1.807, 2.05) is 60.7 Å². The highest BCUT2D eigenvalue weighted by Gasteiger charge is 1.81. The minimum atomic E-state index is 0.975. The average molecular weight is 220 g/mol. The predicted octanol–water partition coefficient (Wildman–Crippen LogP) is 3.95. The molecule has 72 valence electrons. The van der Waals surface area contributed by atoms with Crippen LogP contribution >= 0.6 is 25.3 Å². The molecule has 0 heterocycles. The second kappa shape index (κ2) is 6.57. The molecule has 0 saturated heterocycles. The van der Waals surface area contributed by atoms with Crippen molar-refractivity contribution in [2.45, 2.75) is 9.79 Å². The largest absolute Gasteiger partial charge is 0.143 e. The van der Waals surface area contributed by atoms with Gasteiger partial charge >= 0.3 is 0 Å². The molecule has 0 amide bonds. The first-order valence-corrected chi connectivity index (χ1v) is 5.16. The van der Waals surface area contributed by atoms with Gasteiger partial charge in [-0.15, -0.1) is 25.3 Å². The topological polar surface area (TPSA) is 0 Å². The molecule has 0 aromatic heterocycles. The lowest BCUT2D eigenvalue weighted by atomic mass is 10.4. The van der Waals surface area contributed by atoms with Gasteiger partial charge in [0, 0.05) is 9.79 Å². The van der Waals surface area contributed by atoms with E-state index in [1.165, 1.54) is 0 Å². The smallest absolute Gasteiger partial charge is 0.00407 e. The van der Waals surface area contributed by atoms with Crippen LogP contribution in [0.1, 0.15) is 0 Å². The van der Waals surface area contributed by atoms with Crippen molar-refractivity contribution in [2.24, 2.45) is 0 Å². The molecule has 0 bridgehead atoms. The zero-order chi connectivity index (χ0) is 10.2. The van der Waals surface area contributed by atoms with Gasteiger partial charge in [0.25, 0.3) is 0 Å². The first-order valence-electron chi connectivity index (χ1n) is 4.27. The third kappa shape index (κ3) is 5.00. The molecule has 2 aromatic carbocycles. The molecule has 0 saturated carbocycles. The zero-order valence-electron chi connectivity index (χ0n) is 7.67. The molecule has 2 aromatic rings. The summed E-state index contributed by atoms with van der Waals surface area (Å²) in [6.45, 7) is 0. The summed E-state index contributed by atoms with van der Waals surface area (Å²) >= 11 is 8.20. The molecule has 0 aliphatic heterocycles. The van der Waals surface area contributed by atoms with E-state index in [9.17, 15) is 0 Å². The monoisotopic (exact) mass is 220 g/mol. The van der Waals surface area contributed by atoms with Crippen molar-refractivity contribution in [1.29, 1.82) is 0 Å². The van der Waals surface area contributed by atoms with Crippen LogP contribution < -0.4 is 0 Å². The second-order valence-electron chi connectivity index (χ2n) is 2.67. The second-order valence-corrected chi connectivity index (χ2v) is 3.70. The van der Waals surface area contributed by atoms with Gasteiger partial charge in [-0.1, -0.05) is 36.4 Å². The summed E-state index contributed by atoms with van der Waals surface area (Å²) < 4.78 is 0. The summed E-state index contributed by atoms with van der Waals surface area (Å²) in [7, 11) is 0. The van der Waals surface area contributed by atoms with E-state index in [-0.39, 0.29) is 0 Å². The van der Waals surface area contributed by atoms with Gasteiger partial charge in [-0.2, -0.15) is 0 Å². The maximum atomic E-state index is 4.10. The molecule has 0 fully saturated rings. The summed E-state index contributed by atoms with van der Waals surface area (Å²) in [6, 6.07) is 19.6. The molecular weight excluding hydrogens is 208 g/mol. The summed E-state index contributed by atoms with van der Waals surface area (Å²) in [5, 5.41) is 0. The van der Waals surface area contributed by atoms with Crippen molar-refractivity contribution in [3.63, 3.8) is 0 Å². The van der Waals surface area contributed by atoms with Crippen LogP contribution in [-0.2, 0) is 0 Å². The summed E-state index contributed by atoms with van der Waals surface area (Å²) in [5.41, 5.74) is 0. The Labute approximate surface area is 95.8 Å². The first-order chi connectivity index (χ1) is 6.79. The summed E-state index contributed by atoms with van der Waals surface area (Å²) in [5.74, 6) is 0. The van der Waals surface area contributed by atoms with Crippen LogP contribution in [0.2, 0.25) is 0 Å². The Hall–Kier alpha value is -0.860. The third-order valence-electron chi connectivity index (χ3n) is 1.52. The van der Waals surface area contributed by atoms with Crippen LogP contribution in [0.5, 0.6) is 0 Å². The SMILES string of the molecule is Sc1ccc(S)cc1.c1ccccc1. The van der Waals surface area contributed by atoms with Crippen molar-refractivity contribution < 1.29 is 0 Å². The van der Waals surface area contributed by atoms with Gasteiger partial charge in [-0.3, -0.25) is 0 Å². The lowest BCUT2D eigenvalue weighted by Gasteiger charge is -1.88. The normalized spacial score (nSPS) is 8.71. The molecule has 2 rings (SSSR count). The van der Waals surface area contributed by atoms with Crippen LogP contribution in [0.3, 0.4) is 0 Å². The maximum Gasteiger partial charge on any atom is 0.00407 e. The highest BCUT2D eigenvalue weighted by Crippen LogP contribution is 2.09. The Bertz CT molecular complexity index is 293. The molecule has 0 radical (unpaired) electrons. The number of thiol groups is 2. The summed E-state index contributed by atoms with van der Waals surface area (Å²) in [6.07, 6.45) is 0. The molecule has 0 aliphatic rings. The van der Waals surface area contributed by atoms with E-state index < -0.39 is 0 Å². The van der Waals surface area contributed by atoms with Crippen molar-refractivity contribution in [3.05, 3.63) is 60.7 Å². The molecule has 2 heteroatoms.